The standard InChI is InChI=1S/C11H14ClN3O2S/c1-6(2)15-9(7(17-3)4-14-15)10(16)11-13-5-8(12)18-11/h4-6,10,16H,1-3H3. The summed E-state index contributed by atoms with van der Waals surface area (Å²) < 4.78 is 7.49. The van der Waals surface area contributed by atoms with Crippen LogP contribution < -0.4 is 4.74 Å². The monoisotopic (exact) mass is 287 g/mol. The third kappa shape index (κ3) is 2.36. The summed E-state index contributed by atoms with van der Waals surface area (Å²) in [6.45, 7) is 3.97. The predicted octanol–water partition coefficient (Wildman–Crippen LogP) is 2.66. The molecule has 0 amide bonds. The maximum Gasteiger partial charge on any atom is 0.163 e. The van der Waals surface area contributed by atoms with Crippen molar-refractivity contribution in [3.8, 4) is 5.75 Å². The van der Waals surface area contributed by atoms with Crippen molar-refractivity contribution >= 4 is 22.9 Å². The van der Waals surface area contributed by atoms with Crippen molar-refractivity contribution in [2.75, 3.05) is 7.11 Å². The topological polar surface area (TPSA) is 60.2 Å². The normalized spacial score (nSPS) is 13.0. The van der Waals surface area contributed by atoms with E-state index in [1.165, 1.54) is 17.5 Å². The lowest BCUT2D eigenvalue weighted by molar-refractivity contribution is 0.199. The second-order valence-electron chi connectivity index (χ2n) is 4.04. The fourth-order valence-electron chi connectivity index (χ4n) is 1.70. The van der Waals surface area contributed by atoms with Gasteiger partial charge in [-0.2, -0.15) is 5.10 Å². The molecule has 0 saturated heterocycles. The van der Waals surface area contributed by atoms with Crippen molar-refractivity contribution in [1.29, 1.82) is 0 Å². The molecule has 0 radical (unpaired) electrons. The van der Waals surface area contributed by atoms with Gasteiger partial charge in [-0.1, -0.05) is 11.6 Å². The van der Waals surface area contributed by atoms with Crippen LogP contribution in [-0.4, -0.2) is 27.0 Å². The smallest absolute Gasteiger partial charge is 0.163 e. The second kappa shape index (κ2) is 5.26. The number of aromatic nitrogens is 3. The van der Waals surface area contributed by atoms with Crippen molar-refractivity contribution in [3.05, 3.63) is 27.4 Å². The van der Waals surface area contributed by atoms with E-state index in [4.69, 9.17) is 16.3 Å². The Morgan fingerprint density at radius 3 is 2.67 bits per heavy atom. The molecule has 0 aliphatic carbocycles. The molecule has 0 aliphatic rings. The molecule has 5 nitrogen and oxygen atoms in total. The summed E-state index contributed by atoms with van der Waals surface area (Å²) in [4.78, 5) is 4.09. The van der Waals surface area contributed by atoms with Crippen LogP contribution in [0.4, 0.5) is 0 Å². The molecule has 1 atom stereocenters. The maximum absolute atomic E-state index is 10.4. The Morgan fingerprint density at radius 1 is 1.44 bits per heavy atom. The first-order valence-corrected chi connectivity index (χ1v) is 6.64. The summed E-state index contributed by atoms with van der Waals surface area (Å²) in [5, 5.41) is 15.1. The molecule has 0 aliphatic heterocycles. The highest BCUT2D eigenvalue weighted by Gasteiger charge is 2.25. The Labute approximate surface area is 114 Å². The van der Waals surface area contributed by atoms with E-state index in [9.17, 15) is 5.11 Å². The number of nitrogens with zero attached hydrogens (tertiary/aromatic N) is 3. The minimum Gasteiger partial charge on any atom is -0.493 e. The number of methoxy groups -OCH3 is 1. The Kier molecular flexibility index (Phi) is 3.89. The SMILES string of the molecule is COc1cnn(C(C)C)c1C(O)c1ncc(Cl)s1. The van der Waals surface area contributed by atoms with E-state index in [0.717, 1.165) is 0 Å². The first-order chi connectivity index (χ1) is 8.54. The van der Waals surface area contributed by atoms with Crippen LogP contribution in [0, 0.1) is 0 Å². The lowest BCUT2D eigenvalue weighted by Crippen LogP contribution is -2.12. The number of hydrogen-bond donors (Lipinski definition) is 1. The second-order valence-corrected chi connectivity index (χ2v) is 5.74. The van der Waals surface area contributed by atoms with Gasteiger partial charge in [-0.05, 0) is 13.8 Å². The number of aliphatic hydroxyl groups is 1. The number of aliphatic hydroxyl groups excluding tert-OH is 1. The maximum atomic E-state index is 10.4. The van der Waals surface area contributed by atoms with Crippen molar-refractivity contribution < 1.29 is 9.84 Å². The molecule has 0 bridgehead atoms. The van der Waals surface area contributed by atoms with Crippen LogP contribution in [0.15, 0.2) is 12.4 Å². The van der Waals surface area contributed by atoms with Crippen LogP contribution in [0.1, 0.15) is 36.7 Å². The molecule has 0 aromatic carbocycles. The number of hydrogen-bond acceptors (Lipinski definition) is 5. The van der Waals surface area contributed by atoms with Crippen LogP contribution in [-0.2, 0) is 0 Å². The third-order valence-electron chi connectivity index (χ3n) is 2.50. The molecule has 2 aromatic heterocycles. The van der Waals surface area contributed by atoms with Crippen LogP contribution >= 0.6 is 22.9 Å². The van der Waals surface area contributed by atoms with Gasteiger partial charge in [-0.3, -0.25) is 4.68 Å². The Morgan fingerprint density at radius 2 is 2.17 bits per heavy atom. The molecule has 2 aromatic rings. The van der Waals surface area contributed by atoms with Crippen LogP contribution in [0.5, 0.6) is 5.75 Å². The van der Waals surface area contributed by atoms with Crippen molar-refractivity contribution in [3.63, 3.8) is 0 Å². The van der Waals surface area contributed by atoms with E-state index in [0.29, 0.717) is 20.8 Å². The molecular formula is C11H14ClN3O2S. The summed E-state index contributed by atoms with van der Waals surface area (Å²) in [6, 6.07) is 0.119. The number of rotatable bonds is 4. The molecule has 2 heterocycles. The lowest BCUT2D eigenvalue weighted by Gasteiger charge is -2.15. The van der Waals surface area contributed by atoms with Gasteiger partial charge >= 0.3 is 0 Å². The zero-order valence-electron chi connectivity index (χ0n) is 10.3. The van der Waals surface area contributed by atoms with Gasteiger partial charge in [-0.15, -0.1) is 11.3 Å². The first kappa shape index (κ1) is 13.3. The quantitative estimate of drug-likeness (QED) is 0.939. The Hall–Kier alpha value is -1.11. The fraction of sp³-hybridized carbons (Fsp3) is 0.455. The van der Waals surface area contributed by atoms with E-state index >= 15 is 0 Å². The van der Waals surface area contributed by atoms with Crippen LogP contribution in [0.3, 0.4) is 0 Å². The summed E-state index contributed by atoms with van der Waals surface area (Å²) in [5.74, 6) is 0.544. The van der Waals surface area contributed by atoms with E-state index in [1.807, 2.05) is 13.8 Å². The van der Waals surface area contributed by atoms with E-state index in [-0.39, 0.29) is 6.04 Å². The zero-order chi connectivity index (χ0) is 13.3. The molecule has 18 heavy (non-hydrogen) atoms. The van der Waals surface area contributed by atoms with Crippen LogP contribution in [0.25, 0.3) is 0 Å². The highest BCUT2D eigenvalue weighted by Crippen LogP contribution is 2.34. The average Bonchev–Trinajstić information content (AvgIpc) is 2.93. The molecule has 1 unspecified atom stereocenters. The van der Waals surface area contributed by atoms with Crippen molar-refractivity contribution in [1.82, 2.24) is 14.8 Å². The summed E-state index contributed by atoms with van der Waals surface area (Å²) in [6.07, 6.45) is 2.23. The van der Waals surface area contributed by atoms with Gasteiger partial charge in [0.1, 0.15) is 15.0 Å². The van der Waals surface area contributed by atoms with Crippen molar-refractivity contribution in [2.45, 2.75) is 26.0 Å². The average molecular weight is 288 g/mol. The van der Waals surface area contributed by atoms with Gasteiger partial charge in [0.2, 0.25) is 0 Å². The van der Waals surface area contributed by atoms with E-state index in [1.54, 1.807) is 18.0 Å². The number of thiazole rings is 1. The van der Waals surface area contributed by atoms with Gasteiger partial charge in [0.25, 0.3) is 0 Å². The highest BCUT2D eigenvalue weighted by molar-refractivity contribution is 7.15. The number of ether oxygens (including phenoxy) is 1. The molecule has 98 valence electrons. The summed E-state index contributed by atoms with van der Waals surface area (Å²) >= 11 is 7.07. The van der Waals surface area contributed by atoms with Crippen molar-refractivity contribution in [2.24, 2.45) is 0 Å². The minimum absolute atomic E-state index is 0.119. The molecule has 0 saturated carbocycles. The Balaban J connectivity index is 2.45. The van der Waals surface area contributed by atoms with E-state index in [2.05, 4.69) is 10.1 Å². The molecule has 2 rings (SSSR count). The van der Waals surface area contributed by atoms with Gasteiger partial charge in [0.15, 0.2) is 11.9 Å². The summed E-state index contributed by atoms with van der Waals surface area (Å²) in [7, 11) is 1.55. The van der Waals surface area contributed by atoms with Gasteiger partial charge in [0.05, 0.1) is 19.5 Å². The predicted molar refractivity (Wildman–Crippen MR) is 70.3 cm³/mol. The van der Waals surface area contributed by atoms with Gasteiger partial charge in [-0.25, -0.2) is 4.98 Å². The molecule has 0 spiro atoms. The molecular weight excluding hydrogens is 274 g/mol. The molecule has 0 fully saturated rings. The Bertz CT molecular complexity index is 538. The number of halogens is 1. The largest absolute Gasteiger partial charge is 0.493 e. The summed E-state index contributed by atoms with van der Waals surface area (Å²) in [5.41, 5.74) is 0.596. The lowest BCUT2D eigenvalue weighted by atomic mass is 10.2. The van der Waals surface area contributed by atoms with E-state index < -0.39 is 6.10 Å². The third-order valence-corrected chi connectivity index (χ3v) is 3.66. The molecule has 7 heteroatoms. The zero-order valence-corrected chi connectivity index (χ0v) is 11.9. The van der Waals surface area contributed by atoms with Gasteiger partial charge in [0, 0.05) is 6.04 Å². The fourth-order valence-corrected chi connectivity index (χ4v) is 2.61. The first-order valence-electron chi connectivity index (χ1n) is 5.45. The van der Waals surface area contributed by atoms with Crippen LogP contribution in [0.2, 0.25) is 4.34 Å². The molecule has 1 N–H and O–H groups in total. The van der Waals surface area contributed by atoms with Gasteiger partial charge < -0.3 is 9.84 Å². The highest BCUT2D eigenvalue weighted by atomic mass is 35.5. The minimum atomic E-state index is -0.887.